The standard InChI is InChI=1S/C25H19Cl2NO4/c26-25(27)14-24(25,22(29)30)15-9-11-16(12-10-15)28-23(31)32-13-21-19-7-3-1-5-17(19)18-6-2-4-8-20(18)21/h1-12,21H,13-14H2,(H,28,31)(H,29,30). The van der Waals surface area contributed by atoms with E-state index in [1.807, 2.05) is 24.3 Å². The number of halogens is 2. The molecule has 1 fully saturated rings. The van der Waals surface area contributed by atoms with Crippen LogP contribution in [0.1, 0.15) is 29.0 Å². The zero-order valence-electron chi connectivity index (χ0n) is 16.8. The normalized spacial score (nSPS) is 20.2. The number of hydrogen-bond donors (Lipinski definition) is 2. The van der Waals surface area contributed by atoms with Gasteiger partial charge in [0.2, 0.25) is 0 Å². The van der Waals surface area contributed by atoms with Crippen LogP contribution < -0.4 is 5.32 Å². The summed E-state index contributed by atoms with van der Waals surface area (Å²) in [6.07, 6.45) is -0.444. The molecule has 0 spiro atoms. The fourth-order valence-corrected chi connectivity index (χ4v) is 5.33. The second kappa shape index (κ2) is 7.54. The quantitative estimate of drug-likeness (QED) is 0.454. The second-order valence-electron chi connectivity index (χ2n) is 8.12. The zero-order chi connectivity index (χ0) is 22.5. The fourth-order valence-electron chi connectivity index (χ4n) is 4.55. The lowest BCUT2D eigenvalue weighted by molar-refractivity contribution is -0.140. The highest BCUT2D eigenvalue weighted by atomic mass is 35.5. The Kier molecular flexibility index (Phi) is 4.91. The zero-order valence-corrected chi connectivity index (χ0v) is 18.4. The topological polar surface area (TPSA) is 75.6 Å². The number of fused-ring (bicyclic) bond motifs is 3. The molecule has 2 aliphatic carbocycles. The van der Waals surface area contributed by atoms with Gasteiger partial charge < -0.3 is 9.84 Å². The molecule has 162 valence electrons. The minimum absolute atomic E-state index is 0.0265. The summed E-state index contributed by atoms with van der Waals surface area (Å²) in [5.74, 6) is -1.10. The summed E-state index contributed by atoms with van der Waals surface area (Å²) in [5, 5.41) is 12.3. The number of aliphatic carboxylic acids is 1. The number of hydrogen-bond acceptors (Lipinski definition) is 3. The van der Waals surface area contributed by atoms with Crippen LogP contribution in [0.3, 0.4) is 0 Å². The van der Waals surface area contributed by atoms with Crippen molar-refractivity contribution in [2.45, 2.75) is 22.1 Å². The van der Waals surface area contributed by atoms with E-state index in [4.69, 9.17) is 27.9 Å². The molecule has 1 atom stereocenters. The van der Waals surface area contributed by atoms with Gasteiger partial charge in [-0.3, -0.25) is 10.1 Å². The molecule has 5 rings (SSSR count). The molecule has 2 aliphatic rings. The van der Waals surface area contributed by atoms with E-state index < -0.39 is 21.8 Å². The van der Waals surface area contributed by atoms with E-state index in [-0.39, 0.29) is 18.9 Å². The van der Waals surface area contributed by atoms with Crippen LogP contribution in [0.15, 0.2) is 72.8 Å². The van der Waals surface area contributed by atoms with Gasteiger partial charge in [-0.2, -0.15) is 0 Å². The Morgan fingerprint density at radius 3 is 1.97 bits per heavy atom. The lowest BCUT2D eigenvalue weighted by Gasteiger charge is -2.16. The predicted octanol–water partition coefficient (Wildman–Crippen LogP) is 5.95. The van der Waals surface area contributed by atoms with Crippen LogP contribution in [-0.4, -0.2) is 28.1 Å². The SMILES string of the molecule is O=C(Nc1ccc(C2(C(=O)O)CC2(Cl)Cl)cc1)OCC1c2ccccc2-c2ccccc21. The minimum Gasteiger partial charge on any atom is -0.480 e. The number of anilines is 1. The monoisotopic (exact) mass is 467 g/mol. The first-order chi connectivity index (χ1) is 15.3. The summed E-state index contributed by atoms with van der Waals surface area (Å²) in [5.41, 5.74) is 4.26. The van der Waals surface area contributed by atoms with E-state index in [0.29, 0.717) is 11.3 Å². The number of carbonyl (C=O) groups is 2. The highest BCUT2D eigenvalue weighted by molar-refractivity contribution is 6.54. The molecular weight excluding hydrogens is 449 g/mol. The van der Waals surface area contributed by atoms with Crippen LogP contribution in [0, 0.1) is 0 Å². The number of carboxylic acids is 1. The number of rotatable bonds is 5. The van der Waals surface area contributed by atoms with E-state index in [0.717, 1.165) is 22.3 Å². The molecule has 5 nitrogen and oxygen atoms in total. The van der Waals surface area contributed by atoms with Crippen molar-refractivity contribution in [1.82, 2.24) is 0 Å². The second-order valence-corrected chi connectivity index (χ2v) is 9.60. The summed E-state index contributed by atoms with van der Waals surface area (Å²) in [6, 6.07) is 22.7. The van der Waals surface area contributed by atoms with E-state index in [1.54, 1.807) is 24.3 Å². The van der Waals surface area contributed by atoms with Gasteiger partial charge in [0.05, 0.1) is 0 Å². The number of ether oxygens (including phenoxy) is 1. The Labute approximate surface area is 194 Å². The first-order valence-corrected chi connectivity index (χ1v) is 10.9. The third kappa shape index (κ3) is 3.24. The van der Waals surface area contributed by atoms with Gasteiger partial charge in [-0.1, -0.05) is 83.9 Å². The number of carboxylic acid groups (broad SMARTS) is 1. The first-order valence-electron chi connectivity index (χ1n) is 10.2. The first kappa shape index (κ1) is 20.9. The maximum absolute atomic E-state index is 12.4. The van der Waals surface area contributed by atoms with E-state index in [2.05, 4.69) is 29.6 Å². The maximum Gasteiger partial charge on any atom is 0.411 e. The van der Waals surface area contributed by atoms with Gasteiger partial charge >= 0.3 is 12.1 Å². The van der Waals surface area contributed by atoms with Crippen LogP contribution >= 0.6 is 23.2 Å². The molecule has 0 saturated heterocycles. The molecule has 32 heavy (non-hydrogen) atoms. The number of benzene rings is 3. The molecule has 0 heterocycles. The molecule has 7 heteroatoms. The van der Waals surface area contributed by atoms with Crippen molar-refractivity contribution in [3.63, 3.8) is 0 Å². The van der Waals surface area contributed by atoms with E-state index >= 15 is 0 Å². The predicted molar refractivity (Wildman–Crippen MR) is 124 cm³/mol. The lowest BCUT2D eigenvalue weighted by Crippen LogP contribution is -2.26. The van der Waals surface area contributed by atoms with Crippen molar-refractivity contribution in [3.05, 3.63) is 89.5 Å². The van der Waals surface area contributed by atoms with Gasteiger partial charge in [0.25, 0.3) is 0 Å². The van der Waals surface area contributed by atoms with Crippen molar-refractivity contribution >= 4 is 41.0 Å². The Hall–Kier alpha value is -3.02. The minimum atomic E-state index is -1.33. The Morgan fingerprint density at radius 2 is 1.47 bits per heavy atom. The molecular formula is C25H19Cl2NO4. The summed E-state index contributed by atoms with van der Waals surface area (Å²) in [6.45, 7) is 0.209. The van der Waals surface area contributed by atoms with E-state index in [1.165, 1.54) is 0 Å². The van der Waals surface area contributed by atoms with Gasteiger partial charge in [0.15, 0.2) is 0 Å². The smallest absolute Gasteiger partial charge is 0.411 e. The van der Waals surface area contributed by atoms with Crippen molar-refractivity contribution in [3.8, 4) is 11.1 Å². The van der Waals surface area contributed by atoms with E-state index in [9.17, 15) is 14.7 Å². The molecule has 3 aromatic carbocycles. The third-order valence-electron chi connectivity index (χ3n) is 6.32. The molecule has 1 saturated carbocycles. The number of carbonyl (C=O) groups excluding carboxylic acids is 1. The highest BCUT2D eigenvalue weighted by Gasteiger charge is 2.72. The maximum atomic E-state index is 12.4. The molecule has 0 aromatic heterocycles. The number of nitrogens with one attached hydrogen (secondary N) is 1. The van der Waals surface area contributed by atoms with Crippen LogP contribution in [0.5, 0.6) is 0 Å². The number of amides is 1. The van der Waals surface area contributed by atoms with Gasteiger partial charge in [-0.25, -0.2) is 4.79 Å². The molecule has 0 bridgehead atoms. The largest absolute Gasteiger partial charge is 0.480 e. The van der Waals surface area contributed by atoms with Gasteiger partial charge in [-0.15, -0.1) is 0 Å². The van der Waals surface area contributed by atoms with Crippen molar-refractivity contribution in [1.29, 1.82) is 0 Å². The van der Waals surface area contributed by atoms with Gasteiger partial charge in [0, 0.05) is 18.0 Å². The summed E-state index contributed by atoms with van der Waals surface area (Å²) < 4.78 is 4.21. The molecule has 2 N–H and O–H groups in total. The van der Waals surface area contributed by atoms with Crippen LogP contribution in [0.25, 0.3) is 11.1 Å². The summed E-state index contributed by atoms with van der Waals surface area (Å²) >= 11 is 12.2. The Morgan fingerprint density at radius 1 is 0.938 bits per heavy atom. The molecule has 0 radical (unpaired) electrons. The van der Waals surface area contributed by atoms with Crippen LogP contribution in [0.4, 0.5) is 10.5 Å². The summed E-state index contributed by atoms with van der Waals surface area (Å²) in [7, 11) is 0. The number of alkyl halides is 2. The van der Waals surface area contributed by atoms with Crippen LogP contribution in [-0.2, 0) is 14.9 Å². The van der Waals surface area contributed by atoms with Crippen molar-refractivity contribution in [2.75, 3.05) is 11.9 Å². The third-order valence-corrected chi connectivity index (χ3v) is 7.23. The van der Waals surface area contributed by atoms with Crippen LogP contribution in [0.2, 0.25) is 0 Å². The average molecular weight is 468 g/mol. The molecule has 0 aliphatic heterocycles. The summed E-state index contributed by atoms with van der Waals surface area (Å²) in [4.78, 5) is 24.1. The lowest BCUT2D eigenvalue weighted by atomic mass is 9.96. The Balaban J connectivity index is 1.26. The fraction of sp³-hybridized carbons (Fsp3) is 0.200. The van der Waals surface area contributed by atoms with Gasteiger partial charge in [0.1, 0.15) is 16.4 Å². The molecule has 1 unspecified atom stereocenters. The van der Waals surface area contributed by atoms with Crippen molar-refractivity contribution in [2.24, 2.45) is 0 Å². The average Bonchev–Trinajstić information content (AvgIpc) is 3.25. The van der Waals surface area contributed by atoms with Gasteiger partial charge in [-0.05, 0) is 39.9 Å². The Bertz CT molecular complexity index is 1180. The molecule has 3 aromatic rings. The molecule has 1 amide bonds. The highest BCUT2D eigenvalue weighted by Crippen LogP contribution is 2.65. The van der Waals surface area contributed by atoms with Crippen molar-refractivity contribution < 1.29 is 19.4 Å².